The first kappa shape index (κ1) is 20.8. The van der Waals surface area contributed by atoms with Crippen molar-refractivity contribution in [3.63, 3.8) is 0 Å². The van der Waals surface area contributed by atoms with E-state index < -0.39 is 0 Å². The fourth-order valence-corrected chi connectivity index (χ4v) is 4.14. The lowest BCUT2D eigenvalue weighted by molar-refractivity contribution is -0.136. The smallest absolute Gasteiger partial charge is 0.238 e. The third kappa shape index (κ3) is 5.32. The lowest BCUT2D eigenvalue weighted by Crippen LogP contribution is -2.53. The number of piperazine rings is 1. The second-order valence-electron chi connectivity index (χ2n) is 8.28. The highest BCUT2D eigenvalue weighted by Crippen LogP contribution is 2.18. The molecule has 0 unspecified atom stereocenters. The van der Waals surface area contributed by atoms with E-state index in [0.29, 0.717) is 19.1 Å². The Morgan fingerprint density at radius 2 is 1.68 bits per heavy atom. The number of likely N-dealkylation sites (tertiary alicyclic amines) is 1. The van der Waals surface area contributed by atoms with Crippen LogP contribution in [0.15, 0.2) is 18.2 Å². The van der Waals surface area contributed by atoms with E-state index >= 15 is 0 Å². The maximum Gasteiger partial charge on any atom is 0.238 e. The molecule has 2 amide bonds. The molecule has 0 aromatic heterocycles. The number of benzene rings is 1. The monoisotopic (exact) mass is 386 g/mol. The van der Waals surface area contributed by atoms with E-state index in [1.807, 2.05) is 24.0 Å². The van der Waals surface area contributed by atoms with Crippen LogP contribution >= 0.6 is 0 Å². The van der Waals surface area contributed by atoms with Gasteiger partial charge in [0.1, 0.15) is 0 Å². The lowest BCUT2D eigenvalue weighted by atomic mass is 10.0. The molecular weight excluding hydrogens is 352 g/mol. The standard InChI is InChI=1S/C22H34N4O2/c1-17-7-6-9-20(19(17)3)23-21(27)15-24-11-13-25(14-12-24)16-22(28)26-10-5-4-8-18(26)2/h6-7,9,18H,4-5,8,10-16H2,1-3H3,(H,23,27)/t18-/m0/s1. The number of aryl methyl sites for hydroxylation is 1. The summed E-state index contributed by atoms with van der Waals surface area (Å²) in [4.78, 5) is 31.5. The first-order valence-electron chi connectivity index (χ1n) is 10.5. The molecule has 0 spiro atoms. The largest absolute Gasteiger partial charge is 0.339 e. The fourth-order valence-electron chi connectivity index (χ4n) is 4.14. The normalized spacial score (nSPS) is 21.5. The van der Waals surface area contributed by atoms with E-state index in [2.05, 4.69) is 35.0 Å². The van der Waals surface area contributed by atoms with Gasteiger partial charge in [-0.3, -0.25) is 19.4 Å². The Morgan fingerprint density at radius 3 is 2.36 bits per heavy atom. The van der Waals surface area contributed by atoms with E-state index in [-0.39, 0.29) is 11.8 Å². The molecule has 28 heavy (non-hydrogen) atoms. The molecule has 6 heteroatoms. The Morgan fingerprint density at radius 1 is 1.00 bits per heavy atom. The molecule has 2 aliphatic heterocycles. The molecule has 2 heterocycles. The molecule has 1 atom stereocenters. The lowest BCUT2D eigenvalue weighted by Gasteiger charge is -2.37. The van der Waals surface area contributed by atoms with Crippen LogP contribution < -0.4 is 5.32 Å². The van der Waals surface area contributed by atoms with Gasteiger partial charge in [-0.25, -0.2) is 0 Å². The van der Waals surface area contributed by atoms with Crippen molar-refractivity contribution in [2.45, 2.75) is 46.1 Å². The molecule has 0 bridgehead atoms. The van der Waals surface area contributed by atoms with Gasteiger partial charge in [0.2, 0.25) is 11.8 Å². The predicted octanol–water partition coefficient (Wildman–Crippen LogP) is 2.26. The molecule has 1 aromatic rings. The van der Waals surface area contributed by atoms with Crippen LogP contribution in [0.1, 0.15) is 37.3 Å². The van der Waals surface area contributed by atoms with Gasteiger partial charge in [0.05, 0.1) is 13.1 Å². The van der Waals surface area contributed by atoms with Crippen LogP contribution in [-0.2, 0) is 9.59 Å². The van der Waals surface area contributed by atoms with Gasteiger partial charge >= 0.3 is 0 Å². The molecule has 2 aliphatic rings. The molecule has 154 valence electrons. The van der Waals surface area contributed by atoms with E-state index in [1.165, 1.54) is 12.0 Å². The summed E-state index contributed by atoms with van der Waals surface area (Å²) < 4.78 is 0. The van der Waals surface area contributed by atoms with E-state index in [1.54, 1.807) is 0 Å². The van der Waals surface area contributed by atoms with Crippen molar-refractivity contribution >= 4 is 17.5 Å². The molecule has 0 aliphatic carbocycles. The summed E-state index contributed by atoms with van der Waals surface area (Å²) in [5, 5.41) is 3.03. The SMILES string of the molecule is Cc1cccc(NC(=O)CN2CCN(CC(=O)N3CCCC[C@@H]3C)CC2)c1C. The second kappa shape index (κ2) is 9.52. The molecular formula is C22H34N4O2. The third-order valence-corrected chi connectivity index (χ3v) is 6.19. The average molecular weight is 387 g/mol. The fraction of sp³-hybridized carbons (Fsp3) is 0.636. The second-order valence-corrected chi connectivity index (χ2v) is 8.28. The summed E-state index contributed by atoms with van der Waals surface area (Å²) in [6, 6.07) is 6.34. The predicted molar refractivity (Wildman–Crippen MR) is 112 cm³/mol. The molecule has 2 saturated heterocycles. The zero-order valence-corrected chi connectivity index (χ0v) is 17.5. The number of nitrogens with one attached hydrogen (secondary N) is 1. The van der Waals surface area contributed by atoms with E-state index in [0.717, 1.165) is 56.8 Å². The van der Waals surface area contributed by atoms with Crippen LogP contribution in [0.5, 0.6) is 0 Å². The summed E-state index contributed by atoms with van der Waals surface area (Å²) in [6.07, 6.45) is 3.47. The zero-order valence-electron chi connectivity index (χ0n) is 17.5. The van der Waals surface area contributed by atoms with Gasteiger partial charge < -0.3 is 10.2 Å². The van der Waals surface area contributed by atoms with Gasteiger partial charge in [-0.15, -0.1) is 0 Å². The molecule has 1 aromatic carbocycles. The topological polar surface area (TPSA) is 55.9 Å². The minimum Gasteiger partial charge on any atom is -0.339 e. The maximum absolute atomic E-state index is 12.6. The van der Waals surface area contributed by atoms with Crippen LogP contribution in [0.4, 0.5) is 5.69 Å². The first-order valence-corrected chi connectivity index (χ1v) is 10.5. The van der Waals surface area contributed by atoms with Gasteiger partial charge in [-0.1, -0.05) is 12.1 Å². The number of rotatable bonds is 5. The zero-order chi connectivity index (χ0) is 20.1. The summed E-state index contributed by atoms with van der Waals surface area (Å²) in [7, 11) is 0. The third-order valence-electron chi connectivity index (χ3n) is 6.19. The van der Waals surface area contributed by atoms with Gasteiger partial charge in [0.25, 0.3) is 0 Å². The summed E-state index contributed by atoms with van der Waals surface area (Å²) in [5.41, 5.74) is 3.19. The van der Waals surface area contributed by atoms with E-state index in [4.69, 9.17) is 0 Å². The van der Waals surface area contributed by atoms with Crippen molar-refractivity contribution in [1.82, 2.24) is 14.7 Å². The van der Waals surface area contributed by atoms with Crippen molar-refractivity contribution in [3.05, 3.63) is 29.3 Å². The number of hydrogen-bond donors (Lipinski definition) is 1. The molecule has 2 fully saturated rings. The maximum atomic E-state index is 12.6. The number of carbonyl (C=O) groups excluding carboxylic acids is 2. The highest BCUT2D eigenvalue weighted by atomic mass is 16.2. The summed E-state index contributed by atoms with van der Waals surface area (Å²) in [5.74, 6) is 0.286. The van der Waals surface area contributed by atoms with E-state index in [9.17, 15) is 9.59 Å². The minimum absolute atomic E-state index is 0.0281. The van der Waals surface area contributed by atoms with Crippen LogP contribution in [0.25, 0.3) is 0 Å². The van der Waals surface area contributed by atoms with Gasteiger partial charge in [-0.2, -0.15) is 0 Å². The molecule has 0 saturated carbocycles. The first-order chi connectivity index (χ1) is 13.4. The van der Waals surface area contributed by atoms with Crippen LogP contribution in [0.2, 0.25) is 0 Å². The Labute approximate surface area is 168 Å². The molecule has 1 N–H and O–H groups in total. The van der Waals surface area contributed by atoms with Crippen molar-refractivity contribution in [1.29, 1.82) is 0 Å². The minimum atomic E-state index is 0.0281. The van der Waals surface area contributed by atoms with Gasteiger partial charge in [-0.05, 0) is 57.2 Å². The number of anilines is 1. The Balaban J connectivity index is 1.42. The van der Waals surface area contributed by atoms with Crippen LogP contribution in [-0.4, -0.2) is 78.4 Å². The van der Waals surface area contributed by atoms with Crippen molar-refractivity contribution in [2.75, 3.05) is 51.1 Å². The number of amides is 2. The number of hydrogen-bond acceptors (Lipinski definition) is 4. The summed E-state index contributed by atoms with van der Waals surface area (Å²) >= 11 is 0. The van der Waals surface area contributed by atoms with Gasteiger partial charge in [0.15, 0.2) is 0 Å². The molecule has 0 radical (unpaired) electrons. The van der Waals surface area contributed by atoms with Crippen LogP contribution in [0, 0.1) is 13.8 Å². The van der Waals surface area contributed by atoms with Crippen molar-refractivity contribution < 1.29 is 9.59 Å². The van der Waals surface area contributed by atoms with Crippen molar-refractivity contribution in [3.8, 4) is 0 Å². The molecule has 6 nitrogen and oxygen atoms in total. The Bertz CT molecular complexity index is 698. The summed E-state index contributed by atoms with van der Waals surface area (Å²) in [6.45, 7) is 11.4. The van der Waals surface area contributed by atoms with Crippen molar-refractivity contribution in [2.24, 2.45) is 0 Å². The number of carbonyl (C=O) groups is 2. The average Bonchev–Trinajstić information content (AvgIpc) is 2.67. The Hall–Kier alpha value is -1.92. The van der Waals surface area contributed by atoms with Gasteiger partial charge in [0, 0.05) is 44.5 Å². The highest BCUT2D eigenvalue weighted by molar-refractivity contribution is 5.93. The quantitative estimate of drug-likeness (QED) is 0.843. The molecule has 3 rings (SSSR count). The highest BCUT2D eigenvalue weighted by Gasteiger charge is 2.26. The Kier molecular flexibility index (Phi) is 7.08. The number of piperidine rings is 1. The van der Waals surface area contributed by atoms with Crippen LogP contribution in [0.3, 0.4) is 0 Å². The number of nitrogens with zero attached hydrogens (tertiary/aromatic N) is 3.